The minimum absolute atomic E-state index is 0.127. The Morgan fingerprint density at radius 1 is 1.27 bits per heavy atom. The van der Waals surface area contributed by atoms with Crippen LogP contribution in [0, 0.1) is 0 Å². The van der Waals surface area contributed by atoms with E-state index < -0.39 is 6.04 Å². The Morgan fingerprint density at radius 3 is 2.83 bits per heavy atom. The van der Waals surface area contributed by atoms with Gasteiger partial charge in [0.25, 0.3) is 11.8 Å². The molecule has 1 aromatic carbocycles. The van der Waals surface area contributed by atoms with Crippen LogP contribution in [0.3, 0.4) is 0 Å². The Balaban J connectivity index is 1.64. The number of hydrogen-bond donors (Lipinski definition) is 2. The van der Waals surface area contributed by atoms with Crippen LogP contribution in [-0.4, -0.2) is 63.3 Å². The average molecular weight is 408 g/mol. The van der Waals surface area contributed by atoms with Gasteiger partial charge in [-0.1, -0.05) is 30.3 Å². The topological polar surface area (TPSA) is 105 Å². The van der Waals surface area contributed by atoms with Gasteiger partial charge in [0.2, 0.25) is 0 Å². The van der Waals surface area contributed by atoms with Crippen molar-refractivity contribution in [2.45, 2.75) is 19.0 Å². The molecule has 0 spiro atoms. The molecule has 1 atom stereocenters. The number of aromatic amines is 1. The number of carbonyl (C=O) groups is 2. The summed E-state index contributed by atoms with van der Waals surface area (Å²) < 4.78 is 6.97. The number of aromatic nitrogens is 4. The highest BCUT2D eigenvalue weighted by molar-refractivity contribution is 5.94. The molecule has 1 aliphatic rings. The van der Waals surface area contributed by atoms with Crippen molar-refractivity contribution in [2.24, 2.45) is 0 Å². The summed E-state index contributed by atoms with van der Waals surface area (Å²) in [4.78, 5) is 32.1. The van der Waals surface area contributed by atoms with Crippen molar-refractivity contribution in [1.82, 2.24) is 30.0 Å². The molecule has 2 aromatic heterocycles. The highest BCUT2D eigenvalue weighted by atomic mass is 16.5. The van der Waals surface area contributed by atoms with E-state index in [1.54, 1.807) is 24.4 Å². The van der Waals surface area contributed by atoms with Crippen molar-refractivity contribution in [3.63, 3.8) is 0 Å². The molecule has 0 radical (unpaired) electrons. The van der Waals surface area contributed by atoms with Gasteiger partial charge >= 0.3 is 0 Å². The maximum Gasteiger partial charge on any atom is 0.271 e. The first-order chi connectivity index (χ1) is 14.7. The third-order valence-electron chi connectivity index (χ3n) is 5.11. The molecule has 4 rings (SSSR count). The highest BCUT2D eigenvalue weighted by Crippen LogP contribution is 2.32. The number of hydrogen-bond acceptors (Lipinski definition) is 5. The summed E-state index contributed by atoms with van der Waals surface area (Å²) in [5.74, 6) is 0.316. The van der Waals surface area contributed by atoms with Gasteiger partial charge in [-0.3, -0.25) is 14.7 Å². The Kier molecular flexibility index (Phi) is 5.89. The average Bonchev–Trinajstić information content (AvgIpc) is 3.46. The molecule has 0 fully saturated rings. The summed E-state index contributed by atoms with van der Waals surface area (Å²) in [6.07, 6.45) is 5.60. The monoisotopic (exact) mass is 408 g/mol. The number of fused-ring (bicyclic) bond motifs is 1. The summed E-state index contributed by atoms with van der Waals surface area (Å²) in [5, 5.41) is 9.45. The molecule has 0 saturated carbocycles. The molecule has 30 heavy (non-hydrogen) atoms. The fourth-order valence-corrected chi connectivity index (χ4v) is 3.65. The van der Waals surface area contributed by atoms with Crippen LogP contribution in [0.4, 0.5) is 0 Å². The normalized spacial score (nSPS) is 15.6. The number of nitrogens with one attached hydrogen (secondary N) is 2. The number of methoxy groups -OCH3 is 1. The Labute approximate surface area is 174 Å². The van der Waals surface area contributed by atoms with E-state index in [4.69, 9.17) is 4.74 Å². The Morgan fingerprint density at radius 2 is 2.10 bits per heavy atom. The number of amides is 2. The molecule has 0 bridgehead atoms. The van der Waals surface area contributed by atoms with Gasteiger partial charge in [-0.2, -0.15) is 5.10 Å². The van der Waals surface area contributed by atoms with E-state index in [0.29, 0.717) is 43.3 Å². The minimum Gasteiger partial charge on any atom is -0.385 e. The first kappa shape index (κ1) is 19.8. The molecule has 9 heteroatoms. The largest absolute Gasteiger partial charge is 0.385 e. The lowest BCUT2D eigenvalue weighted by Crippen LogP contribution is -2.42. The maximum atomic E-state index is 13.1. The van der Waals surface area contributed by atoms with Gasteiger partial charge in [0.1, 0.15) is 17.6 Å². The molecule has 2 N–H and O–H groups in total. The summed E-state index contributed by atoms with van der Waals surface area (Å²) in [5.41, 5.74) is 1.78. The van der Waals surface area contributed by atoms with Crippen molar-refractivity contribution >= 4 is 11.8 Å². The first-order valence-electron chi connectivity index (χ1n) is 9.88. The second-order valence-corrected chi connectivity index (χ2v) is 7.08. The summed E-state index contributed by atoms with van der Waals surface area (Å²) in [6, 6.07) is 9.34. The van der Waals surface area contributed by atoms with Crippen LogP contribution in [0.25, 0.3) is 0 Å². The molecule has 3 heterocycles. The van der Waals surface area contributed by atoms with Crippen LogP contribution < -0.4 is 5.32 Å². The van der Waals surface area contributed by atoms with Crippen molar-refractivity contribution < 1.29 is 14.3 Å². The van der Waals surface area contributed by atoms with Crippen LogP contribution in [0.5, 0.6) is 0 Å². The fraction of sp³-hybridized carbons (Fsp3) is 0.333. The molecule has 0 saturated heterocycles. The van der Waals surface area contributed by atoms with E-state index in [-0.39, 0.29) is 11.8 Å². The molecule has 3 aromatic rings. The number of ether oxygens (including phenoxy) is 1. The van der Waals surface area contributed by atoms with E-state index in [1.165, 1.54) is 6.20 Å². The van der Waals surface area contributed by atoms with Gasteiger partial charge in [0.15, 0.2) is 0 Å². The predicted octanol–water partition coefficient (Wildman–Crippen LogP) is 1.62. The standard InChI is InChI=1S/C21H24N6O3/c1-30-11-5-8-22-20(28)17-14-26-9-10-27(21(29)16-12-23-24-13-16)18(19(26)25-17)15-6-3-2-4-7-15/h2-4,6-7,12-14,18H,5,8-11H2,1H3,(H,22,28)(H,23,24). The highest BCUT2D eigenvalue weighted by Gasteiger charge is 2.35. The second-order valence-electron chi connectivity index (χ2n) is 7.08. The smallest absolute Gasteiger partial charge is 0.271 e. The van der Waals surface area contributed by atoms with Crippen LogP contribution in [-0.2, 0) is 11.3 Å². The SMILES string of the molecule is COCCCNC(=O)c1cn2c(n1)C(c1ccccc1)N(C(=O)c1cn[nH]c1)CC2. The zero-order chi connectivity index (χ0) is 20.9. The zero-order valence-electron chi connectivity index (χ0n) is 16.7. The molecule has 156 valence electrons. The van der Waals surface area contributed by atoms with E-state index in [0.717, 1.165) is 12.0 Å². The zero-order valence-corrected chi connectivity index (χ0v) is 16.7. The van der Waals surface area contributed by atoms with Crippen molar-refractivity contribution in [1.29, 1.82) is 0 Å². The Hall–Kier alpha value is -3.46. The number of rotatable bonds is 7. The lowest BCUT2D eigenvalue weighted by molar-refractivity contribution is 0.0658. The molecule has 1 aliphatic heterocycles. The van der Waals surface area contributed by atoms with Crippen molar-refractivity contribution in [2.75, 3.05) is 26.8 Å². The number of nitrogens with zero attached hydrogens (tertiary/aromatic N) is 4. The second kappa shape index (κ2) is 8.91. The van der Waals surface area contributed by atoms with Gasteiger partial charge in [0.05, 0.1) is 11.8 Å². The molecule has 9 nitrogen and oxygen atoms in total. The van der Waals surface area contributed by atoms with Crippen LogP contribution in [0.1, 0.15) is 44.7 Å². The first-order valence-corrected chi connectivity index (χ1v) is 9.88. The number of H-pyrrole nitrogens is 1. The number of imidazole rings is 1. The number of carbonyl (C=O) groups excluding carboxylic acids is 2. The van der Waals surface area contributed by atoms with Crippen LogP contribution in [0.2, 0.25) is 0 Å². The van der Waals surface area contributed by atoms with E-state index in [1.807, 2.05) is 34.9 Å². The summed E-state index contributed by atoms with van der Waals surface area (Å²) >= 11 is 0. The maximum absolute atomic E-state index is 13.1. The van der Waals surface area contributed by atoms with Crippen LogP contribution in [0.15, 0.2) is 48.9 Å². The van der Waals surface area contributed by atoms with E-state index in [9.17, 15) is 9.59 Å². The van der Waals surface area contributed by atoms with Gasteiger partial charge in [0, 0.05) is 45.7 Å². The third kappa shape index (κ3) is 3.97. The van der Waals surface area contributed by atoms with E-state index in [2.05, 4.69) is 20.5 Å². The predicted molar refractivity (Wildman–Crippen MR) is 109 cm³/mol. The van der Waals surface area contributed by atoms with Gasteiger partial charge in [-0.15, -0.1) is 0 Å². The quantitative estimate of drug-likeness (QED) is 0.578. The lowest BCUT2D eigenvalue weighted by Gasteiger charge is -2.36. The fourth-order valence-electron chi connectivity index (χ4n) is 3.65. The summed E-state index contributed by atoms with van der Waals surface area (Å²) in [6.45, 7) is 2.16. The third-order valence-corrected chi connectivity index (χ3v) is 5.11. The van der Waals surface area contributed by atoms with Crippen LogP contribution >= 0.6 is 0 Å². The minimum atomic E-state index is -0.391. The Bertz CT molecular complexity index is 999. The molecule has 1 unspecified atom stereocenters. The molecular weight excluding hydrogens is 384 g/mol. The van der Waals surface area contributed by atoms with Gasteiger partial charge in [-0.25, -0.2) is 4.98 Å². The molecular formula is C21H24N6O3. The van der Waals surface area contributed by atoms with Crippen molar-refractivity contribution in [3.8, 4) is 0 Å². The lowest BCUT2D eigenvalue weighted by atomic mass is 10.0. The van der Waals surface area contributed by atoms with Crippen molar-refractivity contribution in [3.05, 3.63) is 71.6 Å². The van der Waals surface area contributed by atoms with Gasteiger partial charge < -0.3 is 19.5 Å². The molecule has 0 aliphatic carbocycles. The van der Waals surface area contributed by atoms with Gasteiger partial charge in [-0.05, 0) is 12.0 Å². The summed E-state index contributed by atoms with van der Waals surface area (Å²) in [7, 11) is 1.63. The number of benzene rings is 1. The van der Waals surface area contributed by atoms with E-state index >= 15 is 0 Å². The molecule has 2 amide bonds.